The topological polar surface area (TPSA) is 94.2 Å². The summed E-state index contributed by atoms with van der Waals surface area (Å²) >= 11 is 0. The molecule has 0 saturated heterocycles. The van der Waals surface area contributed by atoms with E-state index >= 15 is 0 Å². The van der Waals surface area contributed by atoms with Gasteiger partial charge in [0.15, 0.2) is 0 Å². The molecule has 0 unspecified atom stereocenters. The van der Waals surface area contributed by atoms with Gasteiger partial charge < -0.3 is 8.98 Å². The summed E-state index contributed by atoms with van der Waals surface area (Å²) in [4.78, 5) is 17.7. The number of hydrogen-bond acceptors (Lipinski definition) is 5. The molecule has 8 heteroatoms. The first kappa shape index (κ1) is 27.4. The molecular formula is C30H35N3O4S. The van der Waals surface area contributed by atoms with Crippen molar-refractivity contribution in [2.75, 3.05) is 5.75 Å². The van der Waals surface area contributed by atoms with Crippen molar-refractivity contribution in [2.24, 2.45) is 0 Å². The maximum absolute atomic E-state index is 13.0. The third-order valence-corrected chi connectivity index (χ3v) is 7.90. The molecule has 4 aromatic rings. The largest absolute Gasteiger partial charge is 0.441 e. The van der Waals surface area contributed by atoms with Crippen LogP contribution < -0.4 is 4.72 Å². The van der Waals surface area contributed by atoms with Crippen molar-refractivity contribution in [1.29, 1.82) is 0 Å². The Kier molecular flexibility index (Phi) is 9.18. The number of carbonyl (C=O) groups is 1. The highest BCUT2D eigenvalue weighted by Crippen LogP contribution is 2.23. The van der Waals surface area contributed by atoms with Crippen molar-refractivity contribution in [3.05, 3.63) is 102 Å². The average Bonchev–Trinajstić information content (AvgIpc) is 3.57. The molecule has 0 bridgehead atoms. The number of carbonyl (C=O) groups excluding carboxylic acids is 1. The Labute approximate surface area is 225 Å². The molecule has 2 aromatic carbocycles. The van der Waals surface area contributed by atoms with E-state index in [1.807, 2.05) is 68.4 Å². The summed E-state index contributed by atoms with van der Waals surface area (Å²) in [5.74, 6) is 0.940. The van der Waals surface area contributed by atoms with Crippen LogP contribution in [0.5, 0.6) is 0 Å². The lowest BCUT2D eigenvalue weighted by Crippen LogP contribution is -2.38. The first-order chi connectivity index (χ1) is 18.3. The SMILES string of the molecule is CCCCS(=O)(=O)NC(=O)[C@H](Cc1ccc(CCCc2nc(-c3ccccc3)oc2C)cc1)n1cccc1. The van der Waals surface area contributed by atoms with Crippen LogP contribution in [0.1, 0.15) is 54.8 Å². The number of benzene rings is 2. The molecule has 0 fully saturated rings. The molecule has 1 amide bonds. The highest BCUT2D eigenvalue weighted by Gasteiger charge is 2.24. The predicted molar refractivity (Wildman–Crippen MR) is 149 cm³/mol. The number of sulfonamides is 1. The molecule has 7 nitrogen and oxygen atoms in total. The molecule has 0 radical (unpaired) electrons. The van der Waals surface area contributed by atoms with Crippen LogP contribution in [0.25, 0.3) is 11.5 Å². The fraction of sp³-hybridized carbons (Fsp3) is 0.333. The molecule has 0 saturated carbocycles. The second kappa shape index (κ2) is 12.7. The van der Waals surface area contributed by atoms with E-state index in [-0.39, 0.29) is 5.75 Å². The zero-order chi connectivity index (χ0) is 27.0. The van der Waals surface area contributed by atoms with Crippen LogP contribution in [-0.2, 0) is 34.1 Å². The van der Waals surface area contributed by atoms with E-state index in [2.05, 4.69) is 16.9 Å². The maximum Gasteiger partial charge on any atom is 0.256 e. The van der Waals surface area contributed by atoms with Gasteiger partial charge in [0.25, 0.3) is 5.91 Å². The number of hydrogen-bond donors (Lipinski definition) is 1. The van der Waals surface area contributed by atoms with Crippen LogP contribution in [0.15, 0.2) is 83.5 Å². The summed E-state index contributed by atoms with van der Waals surface area (Å²) in [5.41, 5.74) is 4.12. The Morgan fingerprint density at radius 2 is 1.63 bits per heavy atom. The lowest BCUT2D eigenvalue weighted by atomic mass is 10.0. The summed E-state index contributed by atoms with van der Waals surface area (Å²) in [6, 6.07) is 21.1. The maximum atomic E-state index is 13.0. The summed E-state index contributed by atoms with van der Waals surface area (Å²) < 4.78 is 34.5. The van der Waals surface area contributed by atoms with Gasteiger partial charge in [0.2, 0.25) is 15.9 Å². The Morgan fingerprint density at radius 3 is 2.32 bits per heavy atom. The molecule has 0 aliphatic carbocycles. The molecule has 0 aliphatic heterocycles. The molecular weight excluding hydrogens is 498 g/mol. The lowest BCUT2D eigenvalue weighted by molar-refractivity contribution is -0.122. The Morgan fingerprint density at radius 1 is 0.947 bits per heavy atom. The highest BCUT2D eigenvalue weighted by molar-refractivity contribution is 7.90. The standard InChI is InChI=1S/C30H35N3O4S/c1-3-4-21-38(35,36)32-29(34)28(33-19-8-9-20-33)22-25-17-15-24(16-18-25)11-10-14-27-23(2)37-30(31-27)26-12-6-5-7-13-26/h5-9,12-13,15-20,28H,3-4,10-11,14,21-22H2,1-2H3,(H,32,34)/t28-/m0/s1. The third-order valence-electron chi connectivity index (χ3n) is 6.56. The molecule has 1 atom stereocenters. The minimum Gasteiger partial charge on any atom is -0.441 e. The Hall–Kier alpha value is -3.65. The van der Waals surface area contributed by atoms with Crippen molar-refractivity contribution < 1.29 is 17.6 Å². The third kappa shape index (κ3) is 7.44. The zero-order valence-corrected chi connectivity index (χ0v) is 22.8. The van der Waals surface area contributed by atoms with E-state index in [9.17, 15) is 13.2 Å². The number of nitrogens with one attached hydrogen (secondary N) is 1. The number of aromatic nitrogens is 2. The van der Waals surface area contributed by atoms with Crippen molar-refractivity contribution in [2.45, 2.75) is 58.4 Å². The van der Waals surface area contributed by atoms with Gasteiger partial charge in [0.1, 0.15) is 11.8 Å². The monoisotopic (exact) mass is 533 g/mol. The molecule has 1 N–H and O–H groups in total. The summed E-state index contributed by atoms with van der Waals surface area (Å²) in [6.45, 7) is 3.87. The van der Waals surface area contributed by atoms with Crippen LogP contribution >= 0.6 is 0 Å². The Balaban J connectivity index is 1.35. The van der Waals surface area contributed by atoms with E-state index in [1.165, 1.54) is 5.56 Å². The van der Waals surface area contributed by atoms with Crippen LogP contribution in [0, 0.1) is 6.92 Å². The number of amides is 1. The number of oxazole rings is 1. The van der Waals surface area contributed by atoms with Crippen LogP contribution in [0.4, 0.5) is 0 Å². The van der Waals surface area contributed by atoms with Crippen LogP contribution in [-0.4, -0.2) is 29.6 Å². The Bertz CT molecular complexity index is 1410. The van der Waals surface area contributed by atoms with Gasteiger partial charge in [-0.3, -0.25) is 9.52 Å². The van der Waals surface area contributed by atoms with Gasteiger partial charge in [-0.2, -0.15) is 0 Å². The van der Waals surface area contributed by atoms with Crippen molar-refractivity contribution in [1.82, 2.24) is 14.3 Å². The molecule has 2 aromatic heterocycles. The van der Waals surface area contributed by atoms with Gasteiger partial charge in [-0.15, -0.1) is 0 Å². The summed E-state index contributed by atoms with van der Waals surface area (Å²) in [7, 11) is -3.65. The van der Waals surface area contributed by atoms with Crippen LogP contribution in [0.2, 0.25) is 0 Å². The van der Waals surface area contributed by atoms with Crippen LogP contribution in [0.3, 0.4) is 0 Å². The number of unbranched alkanes of at least 4 members (excludes halogenated alkanes) is 1. The first-order valence-electron chi connectivity index (χ1n) is 13.1. The molecule has 2 heterocycles. The molecule has 0 aliphatic rings. The van der Waals surface area contributed by atoms with Gasteiger partial charge in [0, 0.05) is 24.4 Å². The van der Waals surface area contributed by atoms with E-state index in [0.29, 0.717) is 18.7 Å². The van der Waals surface area contributed by atoms with E-state index < -0.39 is 22.0 Å². The summed E-state index contributed by atoms with van der Waals surface area (Å²) in [6.07, 6.45) is 7.88. The van der Waals surface area contributed by atoms with E-state index in [4.69, 9.17) is 9.40 Å². The highest BCUT2D eigenvalue weighted by atomic mass is 32.2. The molecule has 200 valence electrons. The fourth-order valence-electron chi connectivity index (χ4n) is 4.39. The molecule has 0 spiro atoms. The van der Waals surface area contributed by atoms with Crippen molar-refractivity contribution in [3.8, 4) is 11.5 Å². The minimum absolute atomic E-state index is 0.0518. The number of nitrogens with zero attached hydrogens (tertiary/aromatic N) is 2. The minimum atomic E-state index is -3.65. The number of rotatable bonds is 13. The summed E-state index contributed by atoms with van der Waals surface area (Å²) in [5, 5.41) is 0. The van der Waals surface area contributed by atoms with E-state index in [0.717, 1.165) is 48.3 Å². The van der Waals surface area contributed by atoms with Gasteiger partial charge in [-0.1, -0.05) is 55.8 Å². The van der Waals surface area contributed by atoms with Gasteiger partial charge in [0.05, 0.1) is 11.4 Å². The zero-order valence-electron chi connectivity index (χ0n) is 22.0. The quantitative estimate of drug-likeness (QED) is 0.239. The average molecular weight is 534 g/mol. The second-order valence-electron chi connectivity index (χ2n) is 9.55. The van der Waals surface area contributed by atoms with Crippen molar-refractivity contribution in [3.63, 3.8) is 0 Å². The fourth-order valence-corrected chi connectivity index (χ4v) is 5.60. The molecule has 4 rings (SSSR count). The predicted octanol–water partition coefficient (Wildman–Crippen LogP) is 5.66. The van der Waals surface area contributed by atoms with Gasteiger partial charge in [-0.25, -0.2) is 13.4 Å². The smallest absolute Gasteiger partial charge is 0.256 e. The first-order valence-corrected chi connectivity index (χ1v) is 14.8. The van der Waals surface area contributed by atoms with E-state index in [1.54, 1.807) is 17.0 Å². The van der Waals surface area contributed by atoms with Crippen molar-refractivity contribution >= 4 is 15.9 Å². The van der Waals surface area contributed by atoms with Gasteiger partial charge >= 0.3 is 0 Å². The second-order valence-corrected chi connectivity index (χ2v) is 11.4. The van der Waals surface area contributed by atoms with Gasteiger partial charge in [-0.05, 0) is 68.0 Å². The molecule has 38 heavy (non-hydrogen) atoms. The normalized spacial score (nSPS) is 12.4. The number of aryl methyl sites for hydroxylation is 3. The lowest BCUT2D eigenvalue weighted by Gasteiger charge is -2.19.